The summed E-state index contributed by atoms with van der Waals surface area (Å²) in [6.07, 6.45) is 2.59. The summed E-state index contributed by atoms with van der Waals surface area (Å²) < 4.78 is 1.14. The van der Waals surface area contributed by atoms with Gasteiger partial charge in [-0.1, -0.05) is 12.1 Å². The number of halogens is 1. The molecule has 0 radical (unpaired) electrons. The van der Waals surface area contributed by atoms with Crippen LogP contribution in [0.15, 0.2) is 28.7 Å². The van der Waals surface area contributed by atoms with E-state index in [1.807, 2.05) is 6.07 Å². The van der Waals surface area contributed by atoms with E-state index >= 15 is 0 Å². The number of piperidine rings is 1. The second-order valence-electron chi connectivity index (χ2n) is 5.42. The number of rotatable bonds is 5. The monoisotopic (exact) mass is 325 g/mol. The highest BCUT2D eigenvalue weighted by atomic mass is 79.9. The first kappa shape index (κ1) is 14.8. The van der Waals surface area contributed by atoms with Gasteiger partial charge in [0.15, 0.2) is 0 Å². The summed E-state index contributed by atoms with van der Waals surface area (Å²) in [5.74, 6) is 0. The lowest BCUT2D eigenvalue weighted by Crippen LogP contribution is -2.43. The van der Waals surface area contributed by atoms with Crippen molar-refractivity contribution in [2.45, 2.75) is 18.9 Å². The molecule has 0 aromatic heterocycles. The van der Waals surface area contributed by atoms with E-state index in [1.54, 1.807) is 0 Å². The molecule has 0 bridgehead atoms. The van der Waals surface area contributed by atoms with E-state index in [0.29, 0.717) is 0 Å². The van der Waals surface area contributed by atoms with Crippen LogP contribution in [0.5, 0.6) is 0 Å². The molecule has 1 fully saturated rings. The maximum atomic E-state index is 3.57. The molecular weight excluding hydrogens is 302 g/mol. The van der Waals surface area contributed by atoms with Crippen molar-refractivity contribution in [3.8, 4) is 0 Å². The summed E-state index contributed by atoms with van der Waals surface area (Å²) in [6.45, 7) is 4.54. The van der Waals surface area contributed by atoms with E-state index in [4.69, 9.17) is 0 Å². The first-order valence-electron chi connectivity index (χ1n) is 7.04. The molecule has 1 aliphatic heterocycles. The number of likely N-dealkylation sites (tertiary alicyclic amines) is 1. The highest BCUT2D eigenvalue weighted by Crippen LogP contribution is 2.21. The fourth-order valence-corrected chi connectivity index (χ4v) is 3.01. The fraction of sp³-hybridized carbons (Fsp3) is 0.600. The Kier molecular flexibility index (Phi) is 5.67. The van der Waals surface area contributed by atoms with E-state index in [2.05, 4.69) is 63.3 Å². The van der Waals surface area contributed by atoms with Crippen molar-refractivity contribution in [2.24, 2.45) is 0 Å². The number of para-hydroxylation sites is 1. The van der Waals surface area contributed by atoms with E-state index in [0.717, 1.165) is 23.6 Å². The number of nitrogens with zero attached hydrogens (tertiary/aromatic N) is 2. The van der Waals surface area contributed by atoms with Crippen molar-refractivity contribution in [1.82, 2.24) is 9.80 Å². The molecule has 1 aromatic rings. The summed E-state index contributed by atoms with van der Waals surface area (Å²) in [5.41, 5.74) is 1.18. The van der Waals surface area contributed by atoms with E-state index in [1.165, 1.54) is 31.6 Å². The topological polar surface area (TPSA) is 18.5 Å². The molecule has 1 aliphatic rings. The normalized spacial score (nSPS) is 17.9. The van der Waals surface area contributed by atoms with Crippen molar-refractivity contribution in [2.75, 3.05) is 45.6 Å². The zero-order valence-electron chi connectivity index (χ0n) is 11.9. The quantitative estimate of drug-likeness (QED) is 0.898. The van der Waals surface area contributed by atoms with Gasteiger partial charge in [0.1, 0.15) is 0 Å². The Hall–Kier alpha value is -0.580. The van der Waals surface area contributed by atoms with Crippen LogP contribution >= 0.6 is 15.9 Å². The SMILES string of the molecule is CN1CCC(N(C)CCNc2ccccc2Br)CC1. The van der Waals surface area contributed by atoms with Crippen LogP contribution in [0.25, 0.3) is 0 Å². The van der Waals surface area contributed by atoms with Gasteiger partial charge >= 0.3 is 0 Å². The molecule has 1 saturated heterocycles. The van der Waals surface area contributed by atoms with Gasteiger partial charge in [-0.15, -0.1) is 0 Å². The maximum absolute atomic E-state index is 3.57. The lowest BCUT2D eigenvalue weighted by Gasteiger charge is -2.35. The second-order valence-corrected chi connectivity index (χ2v) is 6.28. The van der Waals surface area contributed by atoms with Crippen LogP contribution in [-0.2, 0) is 0 Å². The average Bonchev–Trinajstić information content (AvgIpc) is 2.41. The molecule has 1 N–H and O–H groups in total. The molecule has 1 aromatic carbocycles. The highest BCUT2D eigenvalue weighted by Gasteiger charge is 2.19. The van der Waals surface area contributed by atoms with Crippen LogP contribution in [0.1, 0.15) is 12.8 Å². The van der Waals surface area contributed by atoms with Crippen molar-refractivity contribution in [3.63, 3.8) is 0 Å². The number of hydrogen-bond donors (Lipinski definition) is 1. The minimum absolute atomic E-state index is 0.747. The molecule has 0 unspecified atom stereocenters. The molecular formula is C15H24BrN3. The molecule has 0 spiro atoms. The van der Waals surface area contributed by atoms with Crippen LogP contribution < -0.4 is 5.32 Å². The van der Waals surface area contributed by atoms with Gasteiger partial charge in [0, 0.05) is 29.3 Å². The smallest absolute Gasteiger partial charge is 0.0485 e. The molecule has 0 atom stereocenters. The van der Waals surface area contributed by atoms with E-state index in [9.17, 15) is 0 Å². The van der Waals surface area contributed by atoms with Crippen LogP contribution in [0.3, 0.4) is 0 Å². The molecule has 0 saturated carbocycles. The standard InChI is InChI=1S/C15H24BrN3/c1-18-10-7-13(8-11-18)19(2)12-9-17-15-6-4-3-5-14(15)16/h3-6,13,17H,7-12H2,1-2H3. The first-order valence-corrected chi connectivity index (χ1v) is 7.83. The van der Waals surface area contributed by atoms with Gasteiger partial charge in [0.2, 0.25) is 0 Å². The van der Waals surface area contributed by atoms with Gasteiger partial charge in [-0.05, 0) is 68.1 Å². The zero-order chi connectivity index (χ0) is 13.7. The average molecular weight is 326 g/mol. The number of nitrogens with one attached hydrogen (secondary N) is 1. The molecule has 0 amide bonds. The van der Waals surface area contributed by atoms with Gasteiger partial charge < -0.3 is 15.1 Å². The summed E-state index contributed by atoms with van der Waals surface area (Å²) >= 11 is 3.57. The third-order valence-electron chi connectivity index (χ3n) is 3.97. The van der Waals surface area contributed by atoms with Crippen LogP contribution in [0.2, 0.25) is 0 Å². The Morgan fingerprint density at radius 2 is 2.00 bits per heavy atom. The molecule has 1 heterocycles. The third kappa shape index (κ3) is 4.48. The lowest BCUT2D eigenvalue weighted by atomic mass is 10.0. The summed E-state index contributed by atoms with van der Waals surface area (Å²) in [6, 6.07) is 9.04. The van der Waals surface area contributed by atoms with Gasteiger partial charge in [-0.2, -0.15) is 0 Å². The number of likely N-dealkylation sites (N-methyl/N-ethyl adjacent to an activating group) is 1. The number of hydrogen-bond acceptors (Lipinski definition) is 3. The Bertz CT molecular complexity index is 389. The summed E-state index contributed by atoms with van der Waals surface area (Å²) in [7, 11) is 4.46. The Labute approximate surface area is 125 Å². The van der Waals surface area contributed by atoms with E-state index < -0.39 is 0 Å². The Balaban J connectivity index is 1.72. The van der Waals surface area contributed by atoms with Crippen molar-refractivity contribution >= 4 is 21.6 Å². The Morgan fingerprint density at radius 3 is 2.68 bits per heavy atom. The fourth-order valence-electron chi connectivity index (χ4n) is 2.59. The van der Waals surface area contributed by atoms with Gasteiger partial charge in [0.05, 0.1) is 0 Å². The van der Waals surface area contributed by atoms with Crippen molar-refractivity contribution < 1.29 is 0 Å². The minimum atomic E-state index is 0.747. The predicted molar refractivity (Wildman–Crippen MR) is 85.8 cm³/mol. The highest BCUT2D eigenvalue weighted by molar-refractivity contribution is 9.10. The molecule has 2 rings (SSSR count). The second kappa shape index (κ2) is 7.27. The molecule has 106 valence electrons. The third-order valence-corrected chi connectivity index (χ3v) is 4.66. The summed E-state index contributed by atoms with van der Waals surface area (Å²) in [4.78, 5) is 4.92. The Morgan fingerprint density at radius 1 is 1.32 bits per heavy atom. The van der Waals surface area contributed by atoms with Gasteiger partial charge in [0.25, 0.3) is 0 Å². The van der Waals surface area contributed by atoms with E-state index in [-0.39, 0.29) is 0 Å². The first-order chi connectivity index (χ1) is 9.16. The largest absolute Gasteiger partial charge is 0.383 e. The zero-order valence-corrected chi connectivity index (χ0v) is 13.5. The van der Waals surface area contributed by atoms with Crippen LogP contribution in [0, 0.1) is 0 Å². The van der Waals surface area contributed by atoms with Crippen molar-refractivity contribution in [1.29, 1.82) is 0 Å². The van der Waals surface area contributed by atoms with Gasteiger partial charge in [-0.25, -0.2) is 0 Å². The molecule has 19 heavy (non-hydrogen) atoms. The van der Waals surface area contributed by atoms with Crippen molar-refractivity contribution in [3.05, 3.63) is 28.7 Å². The molecule has 0 aliphatic carbocycles. The number of anilines is 1. The molecule has 4 heteroatoms. The maximum Gasteiger partial charge on any atom is 0.0485 e. The van der Waals surface area contributed by atoms with Gasteiger partial charge in [-0.3, -0.25) is 0 Å². The number of benzene rings is 1. The summed E-state index contributed by atoms with van der Waals surface area (Å²) in [5, 5.41) is 3.49. The van der Waals surface area contributed by atoms with Crippen LogP contribution in [-0.4, -0.2) is 56.1 Å². The predicted octanol–water partition coefficient (Wildman–Crippen LogP) is 2.89. The minimum Gasteiger partial charge on any atom is -0.383 e. The lowest BCUT2D eigenvalue weighted by molar-refractivity contribution is 0.148. The van der Waals surface area contributed by atoms with Crippen LogP contribution in [0.4, 0.5) is 5.69 Å². The molecule has 3 nitrogen and oxygen atoms in total.